The zero-order valence-electron chi connectivity index (χ0n) is 21.9. The maximum atomic E-state index is 17.5. The van der Waals surface area contributed by atoms with Crippen LogP contribution in [0.3, 0.4) is 0 Å². The number of alkyl halides is 1. The average molecular weight is 536 g/mol. The molecule has 0 radical (unpaired) electrons. The Labute approximate surface area is 232 Å². The highest BCUT2D eigenvalue weighted by Crippen LogP contribution is 2.46. The molecule has 40 heavy (non-hydrogen) atoms. The van der Waals surface area contributed by atoms with E-state index in [0.717, 1.165) is 24.8 Å². The third-order valence-corrected chi connectivity index (χ3v) is 7.80. The van der Waals surface area contributed by atoms with Gasteiger partial charge in [-0.3, -0.25) is 4.79 Å². The van der Waals surface area contributed by atoms with Crippen LogP contribution in [0, 0.1) is 28.6 Å². The number of carbonyl (C=O) groups excluding carboxylic acids is 1. The van der Waals surface area contributed by atoms with E-state index < -0.39 is 23.2 Å². The van der Waals surface area contributed by atoms with Crippen LogP contribution in [0.5, 0.6) is 0 Å². The van der Waals surface area contributed by atoms with Crippen molar-refractivity contribution < 1.29 is 9.18 Å². The largest absolute Gasteiger partial charge is 0.341 e. The first-order valence-corrected chi connectivity index (χ1v) is 13.3. The fraction of sp³-hybridized carbons (Fsp3) is 0.290. The average Bonchev–Trinajstić information content (AvgIpc) is 3.72. The quantitative estimate of drug-likeness (QED) is 0.377. The van der Waals surface area contributed by atoms with Crippen molar-refractivity contribution in [1.82, 2.24) is 15.1 Å². The summed E-state index contributed by atoms with van der Waals surface area (Å²) in [6.07, 6.45) is 9.55. The third-order valence-electron chi connectivity index (χ3n) is 7.80. The van der Waals surface area contributed by atoms with Gasteiger partial charge < -0.3 is 16.8 Å². The van der Waals surface area contributed by atoms with Crippen LogP contribution in [0.25, 0.3) is 5.69 Å². The summed E-state index contributed by atoms with van der Waals surface area (Å²) >= 11 is 0. The lowest BCUT2D eigenvalue weighted by atomic mass is 9.68. The topological polar surface area (TPSA) is 147 Å². The number of nitrogens with one attached hydrogen (secondary N) is 1. The van der Waals surface area contributed by atoms with Gasteiger partial charge in [0, 0.05) is 12.6 Å². The van der Waals surface area contributed by atoms with Gasteiger partial charge in [0.2, 0.25) is 0 Å². The van der Waals surface area contributed by atoms with Crippen LogP contribution in [-0.4, -0.2) is 27.4 Å². The number of aromatic nitrogens is 2. The number of hydrogen-bond donors (Lipinski definition) is 3. The molecule has 1 heterocycles. The molecule has 3 unspecified atom stereocenters. The molecular weight excluding hydrogens is 505 g/mol. The molecule has 3 atom stereocenters. The van der Waals surface area contributed by atoms with Crippen LogP contribution < -0.4 is 16.8 Å². The Hall–Kier alpha value is -4.57. The Morgan fingerprint density at radius 3 is 2.60 bits per heavy atom. The number of allylic oxidation sites excluding steroid dienone is 2. The van der Waals surface area contributed by atoms with E-state index in [-0.39, 0.29) is 11.4 Å². The summed E-state index contributed by atoms with van der Waals surface area (Å²) in [6, 6.07) is 18.1. The predicted molar refractivity (Wildman–Crippen MR) is 149 cm³/mol. The molecule has 2 aromatic carbocycles. The summed E-state index contributed by atoms with van der Waals surface area (Å²) in [5.41, 5.74) is 11.6. The second-order valence-electron chi connectivity index (χ2n) is 10.4. The lowest BCUT2D eigenvalue weighted by Gasteiger charge is -2.46. The van der Waals surface area contributed by atoms with Gasteiger partial charge in [0.25, 0.3) is 5.91 Å². The summed E-state index contributed by atoms with van der Waals surface area (Å²) in [5.74, 6) is -0.104. The number of nitrogens with two attached hydrogens (primary N) is 2. The van der Waals surface area contributed by atoms with Crippen molar-refractivity contribution in [2.75, 3.05) is 0 Å². The monoisotopic (exact) mass is 535 g/mol. The van der Waals surface area contributed by atoms with Crippen molar-refractivity contribution in [3.63, 3.8) is 0 Å². The van der Waals surface area contributed by atoms with Crippen LogP contribution in [0.4, 0.5) is 4.39 Å². The number of halogens is 1. The van der Waals surface area contributed by atoms with E-state index in [9.17, 15) is 15.3 Å². The molecule has 202 valence electrons. The van der Waals surface area contributed by atoms with Crippen molar-refractivity contribution >= 4 is 5.91 Å². The van der Waals surface area contributed by atoms with E-state index >= 15 is 4.39 Å². The molecule has 1 aromatic heterocycles. The fourth-order valence-corrected chi connectivity index (χ4v) is 5.26. The Bertz CT molecular complexity index is 1560. The molecule has 5 rings (SSSR count). The Kier molecular flexibility index (Phi) is 7.36. The first-order chi connectivity index (χ1) is 19.3. The van der Waals surface area contributed by atoms with Crippen LogP contribution in [-0.2, 0) is 12.1 Å². The van der Waals surface area contributed by atoms with Crippen LogP contribution >= 0.6 is 0 Å². The highest BCUT2D eigenvalue weighted by atomic mass is 19.1. The first-order valence-electron chi connectivity index (χ1n) is 13.3. The predicted octanol–water partition coefficient (Wildman–Crippen LogP) is 4.05. The lowest BCUT2D eigenvalue weighted by molar-refractivity contribution is 0.0575. The number of amides is 1. The van der Waals surface area contributed by atoms with Gasteiger partial charge >= 0.3 is 0 Å². The van der Waals surface area contributed by atoms with Crippen molar-refractivity contribution in [2.45, 2.75) is 49.5 Å². The summed E-state index contributed by atoms with van der Waals surface area (Å²) in [4.78, 5) is 13.7. The molecule has 2 aliphatic carbocycles. The third kappa shape index (κ3) is 5.05. The molecule has 1 saturated carbocycles. The van der Waals surface area contributed by atoms with Crippen molar-refractivity contribution in [1.29, 1.82) is 10.5 Å². The standard InChI is InChI=1S/C31H30FN7O/c32-30(31(36,15-13-21-7-8-21)24-11-9-22(18-33)10-12-24)14-2-1-6-28(30)37-29(40)27-17-25(20-35)38-39(27)26-5-3-4-23(16-26)19-34/h1-6,9-12,14,16-17,21,28H,7-8,13,15,19,34,36H2,(H,37,40). The molecule has 2 aliphatic rings. The molecule has 0 spiro atoms. The number of benzene rings is 2. The van der Waals surface area contributed by atoms with Gasteiger partial charge in [0.05, 0.1) is 28.9 Å². The van der Waals surface area contributed by atoms with E-state index in [1.54, 1.807) is 60.7 Å². The Morgan fingerprint density at radius 2 is 1.93 bits per heavy atom. The minimum Gasteiger partial charge on any atom is -0.341 e. The van der Waals surface area contributed by atoms with Crippen LogP contribution in [0.2, 0.25) is 0 Å². The molecule has 3 aromatic rings. The highest BCUT2D eigenvalue weighted by molar-refractivity contribution is 5.94. The van der Waals surface area contributed by atoms with E-state index in [1.807, 2.05) is 12.1 Å². The second-order valence-corrected chi connectivity index (χ2v) is 10.4. The maximum Gasteiger partial charge on any atom is 0.270 e. The van der Waals surface area contributed by atoms with Gasteiger partial charge in [-0.2, -0.15) is 15.6 Å². The van der Waals surface area contributed by atoms with E-state index in [1.165, 1.54) is 16.8 Å². The Balaban J connectivity index is 1.51. The van der Waals surface area contributed by atoms with Crippen LogP contribution in [0.15, 0.2) is 78.9 Å². The molecule has 5 N–H and O–H groups in total. The van der Waals surface area contributed by atoms with Crippen LogP contribution in [0.1, 0.15) is 58.6 Å². The summed E-state index contributed by atoms with van der Waals surface area (Å²) < 4.78 is 18.8. The normalized spacial score (nSPS) is 21.3. The van der Waals surface area contributed by atoms with E-state index in [4.69, 9.17) is 11.5 Å². The van der Waals surface area contributed by atoms with Gasteiger partial charge in [-0.05, 0) is 60.2 Å². The number of hydrogen-bond acceptors (Lipinski definition) is 6. The molecule has 1 amide bonds. The summed E-state index contributed by atoms with van der Waals surface area (Å²) in [5, 5.41) is 25.8. The second kappa shape index (κ2) is 10.9. The fourth-order valence-electron chi connectivity index (χ4n) is 5.26. The van der Waals surface area contributed by atoms with Crippen molar-refractivity contribution in [3.8, 4) is 17.8 Å². The highest BCUT2D eigenvalue weighted by Gasteiger charge is 2.55. The van der Waals surface area contributed by atoms with Gasteiger partial charge in [0.15, 0.2) is 11.4 Å². The van der Waals surface area contributed by atoms with E-state index in [2.05, 4.69) is 16.5 Å². The molecular formula is C31H30FN7O. The molecule has 8 nitrogen and oxygen atoms in total. The Morgan fingerprint density at radius 1 is 1.15 bits per heavy atom. The van der Waals surface area contributed by atoms with Crippen molar-refractivity contribution in [2.24, 2.45) is 17.4 Å². The number of nitriles is 2. The molecule has 0 saturated heterocycles. The first kappa shape index (κ1) is 27.0. The zero-order chi connectivity index (χ0) is 28.3. The summed E-state index contributed by atoms with van der Waals surface area (Å²) in [7, 11) is 0. The molecule has 0 aliphatic heterocycles. The molecule has 9 heteroatoms. The maximum absolute atomic E-state index is 17.5. The van der Waals surface area contributed by atoms with Gasteiger partial charge in [-0.1, -0.05) is 55.3 Å². The van der Waals surface area contributed by atoms with Crippen molar-refractivity contribution in [3.05, 3.63) is 107 Å². The van der Waals surface area contributed by atoms with Gasteiger partial charge in [-0.25, -0.2) is 9.07 Å². The number of rotatable bonds is 9. The number of carbonyl (C=O) groups is 1. The minimum atomic E-state index is -2.19. The summed E-state index contributed by atoms with van der Waals surface area (Å²) in [6.45, 7) is 0.292. The SMILES string of the molecule is N#Cc1ccc(C(N)(CCC2CC2)C2(F)C=CC=CC2NC(=O)c2cc(C#N)nn2-c2cccc(CN)c2)cc1. The minimum absolute atomic E-state index is 0.0454. The molecule has 0 bridgehead atoms. The van der Waals surface area contributed by atoms with E-state index in [0.29, 0.717) is 35.7 Å². The number of nitrogens with zero attached hydrogens (tertiary/aromatic N) is 4. The van der Waals surface area contributed by atoms with Gasteiger partial charge in [-0.15, -0.1) is 0 Å². The molecule has 1 fully saturated rings. The zero-order valence-corrected chi connectivity index (χ0v) is 21.9. The smallest absolute Gasteiger partial charge is 0.270 e. The van der Waals surface area contributed by atoms with Gasteiger partial charge in [0.1, 0.15) is 11.8 Å². The lowest BCUT2D eigenvalue weighted by Crippen LogP contribution is -2.64.